The summed E-state index contributed by atoms with van der Waals surface area (Å²) in [5, 5.41) is 22.9. The number of hydrogen-bond acceptors (Lipinski definition) is 8. The second-order valence-electron chi connectivity index (χ2n) is 6.73. The average Bonchev–Trinajstić information content (AvgIpc) is 3.15. The number of amides is 1. The third-order valence-corrected chi connectivity index (χ3v) is 7.85. The molecular weight excluding hydrogens is 418 g/mol. The lowest BCUT2D eigenvalue weighted by molar-refractivity contribution is -0.385. The van der Waals surface area contributed by atoms with Crippen LogP contribution >= 0.6 is 11.3 Å². The fraction of sp³-hybridized carbons (Fsp3) is 0.471. The summed E-state index contributed by atoms with van der Waals surface area (Å²) in [5.74, 6) is -0.533. The van der Waals surface area contributed by atoms with Gasteiger partial charge in [0.15, 0.2) is 0 Å². The average molecular weight is 440 g/mol. The number of anilines is 1. The highest BCUT2D eigenvalue weighted by Gasteiger charge is 2.33. The number of nitrogens with zero attached hydrogens (tertiary/aromatic N) is 4. The van der Waals surface area contributed by atoms with Crippen LogP contribution in [0.4, 0.5) is 10.8 Å². The SMILES string of the molecule is CCc1nnc(NC(=O)C2CCN(S(=O)(=O)c3cc([N+](=O)[O-])ccc3C)CC2)s1. The van der Waals surface area contributed by atoms with Crippen molar-refractivity contribution in [3.05, 3.63) is 38.9 Å². The molecule has 3 rings (SSSR count). The van der Waals surface area contributed by atoms with Crippen LogP contribution in [0.2, 0.25) is 0 Å². The lowest BCUT2D eigenvalue weighted by atomic mass is 9.97. The maximum absolute atomic E-state index is 13.0. The van der Waals surface area contributed by atoms with Gasteiger partial charge < -0.3 is 5.32 Å². The Morgan fingerprint density at radius 3 is 2.62 bits per heavy atom. The van der Waals surface area contributed by atoms with Crippen LogP contribution in [-0.4, -0.2) is 46.8 Å². The normalized spacial score (nSPS) is 15.9. The van der Waals surface area contributed by atoms with E-state index >= 15 is 0 Å². The van der Waals surface area contributed by atoms with Crippen molar-refractivity contribution in [3.8, 4) is 0 Å². The summed E-state index contributed by atoms with van der Waals surface area (Å²) < 4.78 is 27.2. The standard InChI is InChI=1S/C17H21N5O5S2/c1-3-15-19-20-17(28-15)18-16(23)12-6-8-21(9-7-12)29(26,27)14-10-13(22(24)25)5-4-11(14)2/h4-5,10,12H,3,6-9H2,1-2H3,(H,18,20,23). The number of carbonyl (C=O) groups is 1. The van der Waals surface area contributed by atoms with E-state index < -0.39 is 14.9 Å². The highest BCUT2D eigenvalue weighted by Crippen LogP contribution is 2.29. The van der Waals surface area contributed by atoms with Crippen molar-refractivity contribution in [1.82, 2.24) is 14.5 Å². The van der Waals surface area contributed by atoms with Gasteiger partial charge in [0, 0.05) is 31.1 Å². The van der Waals surface area contributed by atoms with Crippen molar-refractivity contribution in [1.29, 1.82) is 0 Å². The predicted octanol–water partition coefficient (Wildman–Crippen LogP) is 2.36. The van der Waals surface area contributed by atoms with E-state index in [1.807, 2.05) is 6.92 Å². The van der Waals surface area contributed by atoms with Gasteiger partial charge in [0.05, 0.1) is 9.82 Å². The molecule has 2 heterocycles. The maximum Gasteiger partial charge on any atom is 0.270 e. The van der Waals surface area contributed by atoms with Gasteiger partial charge in [-0.25, -0.2) is 8.42 Å². The third-order valence-electron chi connectivity index (χ3n) is 4.82. The number of rotatable bonds is 6. The lowest BCUT2D eigenvalue weighted by Gasteiger charge is -2.30. The molecule has 0 radical (unpaired) electrons. The first-order valence-corrected chi connectivity index (χ1v) is 11.4. The summed E-state index contributed by atoms with van der Waals surface area (Å²) in [6.07, 6.45) is 1.46. The van der Waals surface area contributed by atoms with E-state index in [0.29, 0.717) is 23.5 Å². The van der Waals surface area contributed by atoms with Crippen molar-refractivity contribution >= 4 is 38.1 Å². The second-order valence-corrected chi connectivity index (χ2v) is 9.70. The quantitative estimate of drug-likeness (QED) is 0.539. The summed E-state index contributed by atoms with van der Waals surface area (Å²) in [5.41, 5.74) is 0.172. The number of nitro benzene ring substituents is 1. The van der Waals surface area contributed by atoms with Crippen LogP contribution < -0.4 is 5.32 Å². The predicted molar refractivity (Wildman–Crippen MR) is 107 cm³/mol. The van der Waals surface area contributed by atoms with Gasteiger partial charge in [0.2, 0.25) is 21.1 Å². The zero-order valence-electron chi connectivity index (χ0n) is 16.0. The van der Waals surface area contributed by atoms with Gasteiger partial charge in [-0.15, -0.1) is 10.2 Å². The first-order valence-electron chi connectivity index (χ1n) is 9.10. The van der Waals surface area contributed by atoms with E-state index in [0.717, 1.165) is 17.5 Å². The highest BCUT2D eigenvalue weighted by atomic mass is 32.2. The van der Waals surface area contributed by atoms with Crippen LogP contribution in [0, 0.1) is 23.0 Å². The van der Waals surface area contributed by atoms with Gasteiger partial charge in [-0.05, 0) is 31.7 Å². The summed E-state index contributed by atoms with van der Waals surface area (Å²) in [7, 11) is -3.88. The van der Waals surface area contributed by atoms with E-state index in [1.165, 1.54) is 27.8 Å². The van der Waals surface area contributed by atoms with Gasteiger partial charge >= 0.3 is 0 Å². The van der Waals surface area contributed by atoms with Crippen molar-refractivity contribution in [2.75, 3.05) is 18.4 Å². The summed E-state index contributed by atoms with van der Waals surface area (Å²) >= 11 is 1.32. The Morgan fingerprint density at radius 1 is 1.34 bits per heavy atom. The van der Waals surface area contributed by atoms with E-state index in [-0.39, 0.29) is 35.5 Å². The number of benzene rings is 1. The van der Waals surface area contributed by atoms with E-state index in [4.69, 9.17) is 0 Å². The van der Waals surface area contributed by atoms with Crippen molar-refractivity contribution in [2.45, 2.75) is 38.0 Å². The van der Waals surface area contributed by atoms with Gasteiger partial charge in [-0.3, -0.25) is 14.9 Å². The minimum absolute atomic E-state index is 0.0736. The number of nitrogens with one attached hydrogen (secondary N) is 1. The van der Waals surface area contributed by atoms with Crippen molar-refractivity contribution < 1.29 is 18.1 Å². The number of hydrogen-bond donors (Lipinski definition) is 1. The van der Waals surface area contributed by atoms with E-state index in [2.05, 4.69) is 15.5 Å². The molecule has 1 aromatic carbocycles. The Morgan fingerprint density at radius 2 is 2.03 bits per heavy atom. The first kappa shape index (κ1) is 21.3. The lowest BCUT2D eigenvalue weighted by Crippen LogP contribution is -2.41. The topological polar surface area (TPSA) is 135 Å². The number of nitro groups is 1. The molecule has 1 N–H and O–H groups in total. The number of aryl methyl sites for hydroxylation is 2. The molecule has 12 heteroatoms. The Hall–Kier alpha value is -2.44. The molecular formula is C17H21N5O5S2. The molecule has 29 heavy (non-hydrogen) atoms. The van der Waals surface area contributed by atoms with Crippen LogP contribution in [0.15, 0.2) is 23.1 Å². The molecule has 0 bridgehead atoms. The third kappa shape index (κ3) is 4.60. The molecule has 0 saturated carbocycles. The zero-order chi connectivity index (χ0) is 21.2. The number of aromatic nitrogens is 2. The van der Waals surface area contributed by atoms with Crippen molar-refractivity contribution in [3.63, 3.8) is 0 Å². The fourth-order valence-corrected chi connectivity index (χ4v) is 5.53. The largest absolute Gasteiger partial charge is 0.300 e. The molecule has 0 spiro atoms. The summed E-state index contributed by atoms with van der Waals surface area (Å²) in [6.45, 7) is 3.88. The molecule has 1 aliphatic rings. The van der Waals surface area contributed by atoms with E-state index in [1.54, 1.807) is 6.92 Å². The monoisotopic (exact) mass is 439 g/mol. The van der Waals surface area contributed by atoms with Gasteiger partial charge in [0.25, 0.3) is 5.69 Å². The Balaban J connectivity index is 1.67. The Kier molecular flexibility index (Phi) is 6.24. The van der Waals surface area contributed by atoms with Crippen LogP contribution in [0.25, 0.3) is 0 Å². The fourth-order valence-electron chi connectivity index (χ4n) is 3.13. The smallest absolute Gasteiger partial charge is 0.270 e. The van der Waals surface area contributed by atoms with Crippen LogP contribution in [0.3, 0.4) is 0 Å². The van der Waals surface area contributed by atoms with Crippen molar-refractivity contribution in [2.24, 2.45) is 5.92 Å². The molecule has 0 unspecified atom stereocenters. The molecule has 1 aromatic heterocycles. The van der Waals surface area contributed by atoms with Gasteiger partial charge in [0.1, 0.15) is 5.01 Å². The van der Waals surface area contributed by atoms with Crippen LogP contribution in [0.5, 0.6) is 0 Å². The Bertz CT molecular complexity index is 1030. The molecule has 0 atom stereocenters. The summed E-state index contributed by atoms with van der Waals surface area (Å²) in [6, 6.07) is 3.80. The molecule has 1 amide bonds. The molecule has 1 saturated heterocycles. The minimum Gasteiger partial charge on any atom is -0.300 e. The summed E-state index contributed by atoms with van der Waals surface area (Å²) in [4.78, 5) is 22.8. The molecule has 2 aromatic rings. The van der Waals surface area contributed by atoms with Gasteiger partial charge in [-0.2, -0.15) is 4.31 Å². The molecule has 0 aliphatic carbocycles. The molecule has 156 valence electrons. The molecule has 1 aliphatic heterocycles. The molecule has 1 fully saturated rings. The Labute approximate surface area is 172 Å². The van der Waals surface area contributed by atoms with Crippen LogP contribution in [0.1, 0.15) is 30.3 Å². The number of piperidine rings is 1. The second kappa shape index (κ2) is 8.51. The number of sulfonamides is 1. The number of carbonyl (C=O) groups excluding carboxylic acids is 1. The van der Waals surface area contributed by atoms with Crippen LogP contribution in [-0.2, 0) is 21.2 Å². The highest BCUT2D eigenvalue weighted by molar-refractivity contribution is 7.89. The number of non-ortho nitro benzene ring substituents is 1. The zero-order valence-corrected chi connectivity index (χ0v) is 17.6. The minimum atomic E-state index is -3.88. The maximum atomic E-state index is 13.0. The van der Waals surface area contributed by atoms with E-state index in [9.17, 15) is 23.3 Å². The van der Waals surface area contributed by atoms with Gasteiger partial charge in [-0.1, -0.05) is 24.3 Å². The first-order chi connectivity index (χ1) is 13.7. The molecule has 10 nitrogen and oxygen atoms in total.